The Morgan fingerprint density at radius 3 is 2.76 bits per heavy atom. The first-order valence-corrected chi connectivity index (χ1v) is 8.66. The highest BCUT2D eigenvalue weighted by atomic mass is 16.5. The number of anilines is 1. The van der Waals surface area contributed by atoms with Crippen LogP contribution in [0.2, 0.25) is 0 Å². The Hall–Kier alpha value is -2.18. The third-order valence-electron chi connectivity index (χ3n) is 4.23. The minimum absolute atomic E-state index is 0.114. The molecule has 1 atom stereocenters. The Labute approximate surface area is 148 Å². The van der Waals surface area contributed by atoms with Gasteiger partial charge in [-0.3, -0.25) is 14.4 Å². The minimum atomic E-state index is -0.463. The van der Waals surface area contributed by atoms with E-state index in [-0.39, 0.29) is 11.4 Å². The molecule has 1 aliphatic rings. The molecule has 0 unspecified atom stereocenters. The molecule has 1 saturated heterocycles. The van der Waals surface area contributed by atoms with Crippen molar-refractivity contribution in [3.63, 3.8) is 0 Å². The summed E-state index contributed by atoms with van der Waals surface area (Å²) >= 11 is 0. The van der Waals surface area contributed by atoms with Crippen LogP contribution in [0.15, 0.2) is 42.7 Å². The maximum absolute atomic E-state index is 12.5. The van der Waals surface area contributed by atoms with Gasteiger partial charge in [-0.2, -0.15) is 5.10 Å². The van der Waals surface area contributed by atoms with Crippen LogP contribution in [-0.2, 0) is 21.6 Å². The molecule has 0 saturated carbocycles. The molecule has 0 spiro atoms. The lowest BCUT2D eigenvalue weighted by Crippen LogP contribution is -2.47. The maximum atomic E-state index is 12.5. The van der Waals surface area contributed by atoms with Crippen LogP contribution < -0.4 is 5.32 Å². The van der Waals surface area contributed by atoms with Crippen LogP contribution in [0.25, 0.3) is 0 Å². The number of amides is 1. The van der Waals surface area contributed by atoms with Crippen LogP contribution in [0.3, 0.4) is 0 Å². The second kappa shape index (κ2) is 7.37. The van der Waals surface area contributed by atoms with Gasteiger partial charge in [-0.25, -0.2) is 0 Å². The number of hydrogen-bond donors (Lipinski definition) is 1. The second-order valence-corrected chi connectivity index (χ2v) is 7.41. The van der Waals surface area contributed by atoms with Crippen molar-refractivity contribution in [1.29, 1.82) is 0 Å². The molecule has 6 nitrogen and oxygen atoms in total. The SMILES string of the molecule is CC(C)(C)n1cc(NC(=O)[C@H]2CN(Cc3ccccc3)CCO2)cn1. The Morgan fingerprint density at radius 1 is 1.32 bits per heavy atom. The van der Waals surface area contributed by atoms with E-state index in [0.29, 0.717) is 18.8 Å². The van der Waals surface area contributed by atoms with E-state index in [1.165, 1.54) is 5.56 Å². The van der Waals surface area contributed by atoms with Crippen molar-refractivity contribution in [2.45, 2.75) is 39.0 Å². The summed E-state index contributed by atoms with van der Waals surface area (Å²) in [4.78, 5) is 14.8. The van der Waals surface area contributed by atoms with E-state index in [1.54, 1.807) is 6.20 Å². The van der Waals surface area contributed by atoms with Gasteiger partial charge in [-0.05, 0) is 26.3 Å². The van der Waals surface area contributed by atoms with E-state index in [2.05, 4.69) is 48.2 Å². The number of carbonyl (C=O) groups is 1. The highest BCUT2D eigenvalue weighted by molar-refractivity contribution is 5.94. The zero-order valence-corrected chi connectivity index (χ0v) is 15.1. The molecule has 1 aliphatic heterocycles. The van der Waals surface area contributed by atoms with Gasteiger partial charge in [0.25, 0.3) is 5.91 Å². The summed E-state index contributed by atoms with van der Waals surface area (Å²) < 4.78 is 7.51. The molecule has 1 N–H and O–H groups in total. The maximum Gasteiger partial charge on any atom is 0.254 e. The lowest BCUT2D eigenvalue weighted by atomic mass is 10.1. The number of hydrogen-bond acceptors (Lipinski definition) is 4. The first-order valence-electron chi connectivity index (χ1n) is 8.66. The van der Waals surface area contributed by atoms with E-state index < -0.39 is 6.10 Å². The van der Waals surface area contributed by atoms with E-state index in [0.717, 1.165) is 13.1 Å². The molecule has 3 rings (SSSR count). The van der Waals surface area contributed by atoms with E-state index in [4.69, 9.17) is 4.74 Å². The topological polar surface area (TPSA) is 59.4 Å². The Kier molecular flexibility index (Phi) is 5.20. The number of carbonyl (C=O) groups excluding carboxylic acids is 1. The summed E-state index contributed by atoms with van der Waals surface area (Å²) in [5.41, 5.74) is 1.83. The van der Waals surface area contributed by atoms with Gasteiger partial charge >= 0.3 is 0 Å². The summed E-state index contributed by atoms with van der Waals surface area (Å²) in [6, 6.07) is 10.3. The van der Waals surface area contributed by atoms with Crippen molar-refractivity contribution >= 4 is 11.6 Å². The molecule has 2 heterocycles. The summed E-state index contributed by atoms with van der Waals surface area (Å²) in [5.74, 6) is -0.119. The van der Waals surface area contributed by atoms with Crippen LogP contribution in [-0.4, -0.2) is 46.4 Å². The lowest BCUT2D eigenvalue weighted by Gasteiger charge is -2.32. The predicted octanol–water partition coefficient (Wildman–Crippen LogP) is 2.48. The highest BCUT2D eigenvalue weighted by Gasteiger charge is 2.27. The first kappa shape index (κ1) is 17.6. The molecule has 0 radical (unpaired) electrons. The van der Waals surface area contributed by atoms with Crippen molar-refractivity contribution < 1.29 is 9.53 Å². The Bertz CT molecular complexity index is 706. The van der Waals surface area contributed by atoms with Gasteiger partial charge < -0.3 is 10.1 Å². The van der Waals surface area contributed by atoms with Crippen LogP contribution in [0.1, 0.15) is 26.3 Å². The summed E-state index contributed by atoms with van der Waals surface area (Å²) in [7, 11) is 0. The zero-order valence-electron chi connectivity index (χ0n) is 15.1. The zero-order chi connectivity index (χ0) is 17.9. The monoisotopic (exact) mass is 342 g/mol. The molecule has 134 valence electrons. The normalized spacial score (nSPS) is 18.9. The molecule has 6 heteroatoms. The van der Waals surface area contributed by atoms with Crippen LogP contribution in [0.5, 0.6) is 0 Å². The largest absolute Gasteiger partial charge is 0.366 e. The number of aromatic nitrogens is 2. The third-order valence-corrected chi connectivity index (χ3v) is 4.23. The quantitative estimate of drug-likeness (QED) is 0.927. The van der Waals surface area contributed by atoms with Crippen LogP contribution >= 0.6 is 0 Å². The van der Waals surface area contributed by atoms with Crippen LogP contribution in [0, 0.1) is 0 Å². The Morgan fingerprint density at radius 2 is 2.08 bits per heavy atom. The molecular formula is C19H26N4O2. The lowest BCUT2D eigenvalue weighted by molar-refractivity contribution is -0.133. The van der Waals surface area contributed by atoms with Gasteiger partial charge in [0, 0.05) is 25.8 Å². The highest BCUT2D eigenvalue weighted by Crippen LogP contribution is 2.17. The molecule has 1 aromatic heterocycles. The summed E-state index contributed by atoms with van der Waals surface area (Å²) in [5, 5.41) is 7.22. The van der Waals surface area contributed by atoms with Gasteiger partial charge in [-0.1, -0.05) is 30.3 Å². The van der Waals surface area contributed by atoms with E-state index in [1.807, 2.05) is 29.1 Å². The second-order valence-electron chi connectivity index (χ2n) is 7.41. The number of benzene rings is 1. The fourth-order valence-electron chi connectivity index (χ4n) is 2.82. The van der Waals surface area contributed by atoms with E-state index >= 15 is 0 Å². The number of nitrogens with zero attached hydrogens (tertiary/aromatic N) is 3. The molecule has 0 bridgehead atoms. The Balaban J connectivity index is 1.57. The van der Waals surface area contributed by atoms with Crippen molar-refractivity contribution in [2.75, 3.05) is 25.0 Å². The molecule has 1 fully saturated rings. The minimum Gasteiger partial charge on any atom is -0.366 e. The number of nitrogens with one attached hydrogen (secondary N) is 1. The van der Waals surface area contributed by atoms with Gasteiger partial charge in [0.05, 0.1) is 24.0 Å². The molecule has 1 aromatic carbocycles. The third kappa shape index (κ3) is 4.67. The average Bonchev–Trinajstić information content (AvgIpc) is 3.05. The van der Waals surface area contributed by atoms with Crippen molar-refractivity contribution in [2.24, 2.45) is 0 Å². The van der Waals surface area contributed by atoms with Gasteiger partial charge in [0.15, 0.2) is 0 Å². The van der Waals surface area contributed by atoms with Crippen molar-refractivity contribution in [3.05, 3.63) is 48.3 Å². The van der Waals surface area contributed by atoms with E-state index in [9.17, 15) is 4.79 Å². The predicted molar refractivity (Wildman–Crippen MR) is 97.3 cm³/mol. The van der Waals surface area contributed by atoms with Crippen LogP contribution in [0.4, 0.5) is 5.69 Å². The van der Waals surface area contributed by atoms with Crippen molar-refractivity contribution in [3.8, 4) is 0 Å². The fraction of sp³-hybridized carbons (Fsp3) is 0.474. The smallest absolute Gasteiger partial charge is 0.254 e. The number of rotatable bonds is 4. The fourth-order valence-corrected chi connectivity index (χ4v) is 2.82. The van der Waals surface area contributed by atoms with Gasteiger partial charge in [0.1, 0.15) is 6.10 Å². The number of ether oxygens (including phenoxy) is 1. The summed E-state index contributed by atoms with van der Waals surface area (Å²) in [6.45, 7) is 9.02. The molecular weight excluding hydrogens is 316 g/mol. The first-order chi connectivity index (χ1) is 11.9. The molecule has 0 aliphatic carbocycles. The molecule has 2 aromatic rings. The van der Waals surface area contributed by atoms with Gasteiger partial charge in [-0.15, -0.1) is 0 Å². The molecule has 25 heavy (non-hydrogen) atoms. The number of morpholine rings is 1. The standard InChI is InChI=1S/C19H26N4O2/c1-19(2,3)23-13-16(11-20-23)21-18(24)17-14-22(9-10-25-17)12-15-7-5-4-6-8-15/h4-8,11,13,17H,9-10,12,14H2,1-3H3,(H,21,24)/t17-/m1/s1. The van der Waals surface area contributed by atoms with Crippen molar-refractivity contribution in [1.82, 2.24) is 14.7 Å². The summed E-state index contributed by atoms with van der Waals surface area (Å²) in [6.07, 6.45) is 3.06. The molecule has 1 amide bonds. The average molecular weight is 342 g/mol. The van der Waals surface area contributed by atoms with Gasteiger partial charge in [0.2, 0.25) is 0 Å².